The van der Waals surface area contributed by atoms with Crippen molar-refractivity contribution in [3.8, 4) is 0 Å². The second-order valence-corrected chi connectivity index (χ2v) is 10.9. The SMILES string of the molecule is NC1=C(c2ccccc2)C(Cc2ccccc2)(c2ccccc2)N(c2ccccc2)N1c1nc2ccccc2s1. The Bertz CT molecular complexity index is 1750. The third-order valence-electron chi connectivity index (χ3n) is 7.54. The first-order chi connectivity index (χ1) is 19.8. The van der Waals surface area contributed by atoms with Crippen LogP contribution in [0.3, 0.4) is 0 Å². The maximum atomic E-state index is 7.33. The summed E-state index contributed by atoms with van der Waals surface area (Å²) in [6.07, 6.45) is 0.707. The molecule has 6 aromatic rings. The van der Waals surface area contributed by atoms with Gasteiger partial charge in [0.25, 0.3) is 0 Å². The number of hydrogen-bond donors (Lipinski definition) is 1. The molecule has 2 N–H and O–H groups in total. The maximum Gasteiger partial charge on any atom is 0.211 e. The molecule has 0 saturated heterocycles. The van der Waals surface area contributed by atoms with E-state index in [0.717, 1.165) is 37.7 Å². The van der Waals surface area contributed by atoms with E-state index in [2.05, 4.69) is 150 Å². The molecule has 1 aromatic heterocycles. The topological polar surface area (TPSA) is 45.4 Å². The number of benzene rings is 5. The van der Waals surface area contributed by atoms with Crippen LogP contribution < -0.4 is 15.8 Å². The van der Waals surface area contributed by atoms with E-state index >= 15 is 0 Å². The van der Waals surface area contributed by atoms with Gasteiger partial charge in [-0.2, -0.15) is 0 Å². The van der Waals surface area contributed by atoms with E-state index in [9.17, 15) is 0 Å². The van der Waals surface area contributed by atoms with Gasteiger partial charge in [-0.05, 0) is 41.0 Å². The first-order valence-corrected chi connectivity index (χ1v) is 14.2. The molecule has 4 nitrogen and oxygen atoms in total. The predicted molar refractivity (Wildman–Crippen MR) is 167 cm³/mol. The Morgan fingerprint density at radius 1 is 0.650 bits per heavy atom. The number of hydrogen-bond acceptors (Lipinski definition) is 5. The molecule has 1 aliphatic rings. The second kappa shape index (κ2) is 10.0. The fourth-order valence-corrected chi connectivity index (χ4v) is 6.85. The van der Waals surface area contributed by atoms with E-state index in [1.165, 1.54) is 5.56 Å². The molecule has 40 heavy (non-hydrogen) atoms. The summed E-state index contributed by atoms with van der Waals surface area (Å²) in [6, 6.07) is 50.8. The van der Waals surface area contributed by atoms with E-state index in [1.807, 2.05) is 6.07 Å². The van der Waals surface area contributed by atoms with Crippen LogP contribution in [0.4, 0.5) is 10.8 Å². The summed E-state index contributed by atoms with van der Waals surface area (Å²) in [5, 5.41) is 5.34. The molecule has 0 bridgehead atoms. The summed E-state index contributed by atoms with van der Waals surface area (Å²) in [4.78, 5) is 5.10. The normalized spacial score (nSPS) is 17.1. The lowest BCUT2D eigenvalue weighted by atomic mass is 9.75. The highest BCUT2D eigenvalue weighted by Gasteiger charge is 2.54. The van der Waals surface area contributed by atoms with E-state index in [1.54, 1.807) is 11.3 Å². The lowest BCUT2D eigenvalue weighted by Crippen LogP contribution is -2.52. The predicted octanol–water partition coefficient (Wildman–Crippen LogP) is 8.00. The molecule has 194 valence electrons. The number of nitrogens with two attached hydrogens (primary N) is 1. The van der Waals surface area contributed by atoms with Gasteiger partial charge >= 0.3 is 0 Å². The van der Waals surface area contributed by atoms with Gasteiger partial charge in [-0.3, -0.25) is 5.01 Å². The fraction of sp³-hybridized carbons (Fsp3) is 0.0571. The summed E-state index contributed by atoms with van der Waals surface area (Å²) in [5.74, 6) is 0.675. The van der Waals surface area contributed by atoms with Gasteiger partial charge in [-0.25, -0.2) is 9.99 Å². The van der Waals surface area contributed by atoms with Gasteiger partial charge in [-0.1, -0.05) is 133 Å². The van der Waals surface area contributed by atoms with E-state index in [4.69, 9.17) is 10.7 Å². The van der Waals surface area contributed by atoms with Crippen LogP contribution in [0.25, 0.3) is 15.8 Å². The number of thiazole rings is 1. The second-order valence-electron chi connectivity index (χ2n) is 9.94. The molecule has 1 atom stereocenters. The Morgan fingerprint density at radius 2 is 1.23 bits per heavy atom. The van der Waals surface area contributed by atoms with Gasteiger partial charge in [-0.15, -0.1) is 0 Å². The van der Waals surface area contributed by atoms with Crippen molar-refractivity contribution in [1.29, 1.82) is 0 Å². The molecule has 5 heteroatoms. The highest BCUT2D eigenvalue weighted by molar-refractivity contribution is 7.22. The minimum absolute atomic E-state index is 0.659. The smallest absolute Gasteiger partial charge is 0.211 e. The lowest BCUT2D eigenvalue weighted by Gasteiger charge is -2.45. The molecule has 0 fully saturated rings. The number of hydrazine groups is 1. The highest BCUT2D eigenvalue weighted by Crippen LogP contribution is 2.54. The van der Waals surface area contributed by atoms with Crippen molar-refractivity contribution in [2.24, 2.45) is 5.73 Å². The average Bonchev–Trinajstić information content (AvgIpc) is 3.55. The number of rotatable bonds is 6. The zero-order valence-corrected chi connectivity index (χ0v) is 22.7. The van der Waals surface area contributed by atoms with Crippen LogP contribution in [0.1, 0.15) is 16.7 Å². The molecule has 0 radical (unpaired) electrons. The average molecular weight is 537 g/mol. The van der Waals surface area contributed by atoms with Crippen LogP contribution in [0.5, 0.6) is 0 Å². The van der Waals surface area contributed by atoms with Gasteiger partial charge < -0.3 is 5.73 Å². The summed E-state index contributed by atoms with van der Waals surface area (Å²) >= 11 is 1.66. The Hall–Kier alpha value is -4.87. The molecule has 1 aliphatic heterocycles. The molecular weight excluding hydrogens is 508 g/mol. The molecule has 5 aromatic carbocycles. The van der Waals surface area contributed by atoms with Crippen molar-refractivity contribution in [3.63, 3.8) is 0 Å². The largest absolute Gasteiger partial charge is 0.383 e. The highest BCUT2D eigenvalue weighted by atomic mass is 32.1. The van der Waals surface area contributed by atoms with Gasteiger partial charge in [0, 0.05) is 12.0 Å². The van der Waals surface area contributed by atoms with Gasteiger partial charge in [0.2, 0.25) is 5.13 Å². The third kappa shape index (κ3) is 3.94. The summed E-state index contributed by atoms with van der Waals surface area (Å²) in [6.45, 7) is 0. The molecule has 0 saturated carbocycles. The molecule has 0 spiro atoms. The molecule has 1 unspecified atom stereocenters. The molecule has 0 aliphatic carbocycles. The Kier molecular flexibility index (Phi) is 6.06. The monoisotopic (exact) mass is 536 g/mol. The van der Waals surface area contributed by atoms with Crippen LogP contribution in [0.2, 0.25) is 0 Å². The first kappa shape index (κ1) is 24.2. The van der Waals surface area contributed by atoms with Crippen molar-refractivity contribution >= 4 is 37.9 Å². The number of nitrogens with zero attached hydrogens (tertiary/aromatic N) is 3. The van der Waals surface area contributed by atoms with Crippen LogP contribution in [0.15, 0.2) is 151 Å². The van der Waals surface area contributed by atoms with Crippen molar-refractivity contribution in [3.05, 3.63) is 168 Å². The summed E-state index contributed by atoms with van der Waals surface area (Å²) < 4.78 is 1.12. The molecule has 2 heterocycles. The number of aromatic nitrogens is 1. The van der Waals surface area contributed by atoms with Crippen LogP contribution in [-0.4, -0.2) is 4.98 Å². The molecular formula is C35H28N4S. The van der Waals surface area contributed by atoms with Crippen LogP contribution >= 0.6 is 11.3 Å². The van der Waals surface area contributed by atoms with Crippen molar-refractivity contribution in [2.45, 2.75) is 12.0 Å². The number of fused-ring (bicyclic) bond motifs is 1. The van der Waals surface area contributed by atoms with Gasteiger partial charge in [0.1, 0.15) is 11.4 Å². The summed E-state index contributed by atoms with van der Waals surface area (Å²) in [5.41, 5.74) is 13.2. The Balaban J connectivity index is 1.59. The Labute approximate surface area is 238 Å². The van der Waals surface area contributed by atoms with E-state index in [-0.39, 0.29) is 0 Å². The Morgan fingerprint density at radius 3 is 1.90 bits per heavy atom. The van der Waals surface area contributed by atoms with Crippen molar-refractivity contribution in [1.82, 2.24) is 4.98 Å². The standard InChI is InChI=1S/C35H28N4S/c36-33-32(27-17-7-2-8-18-27)35(28-19-9-3-10-20-28,25-26-15-5-1-6-16-26)39(29-21-11-4-12-22-29)38(33)34-37-30-23-13-14-24-31(30)40-34/h1-24H,25,36H2. The van der Waals surface area contributed by atoms with E-state index in [0.29, 0.717) is 12.2 Å². The number of anilines is 2. The lowest BCUT2D eigenvalue weighted by molar-refractivity contribution is 0.528. The molecule has 7 rings (SSSR count). The van der Waals surface area contributed by atoms with E-state index < -0.39 is 5.54 Å². The van der Waals surface area contributed by atoms with Crippen LogP contribution in [-0.2, 0) is 12.0 Å². The fourth-order valence-electron chi connectivity index (χ4n) is 5.87. The van der Waals surface area contributed by atoms with Crippen molar-refractivity contribution < 1.29 is 0 Å². The zero-order chi connectivity index (χ0) is 26.9. The minimum Gasteiger partial charge on any atom is -0.383 e. The van der Waals surface area contributed by atoms with Gasteiger partial charge in [0.05, 0.1) is 15.9 Å². The van der Waals surface area contributed by atoms with Crippen LogP contribution in [0, 0.1) is 0 Å². The summed E-state index contributed by atoms with van der Waals surface area (Å²) in [7, 11) is 0. The van der Waals surface area contributed by atoms with Crippen molar-refractivity contribution in [2.75, 3.05) is 10.0 Å². The molecule has 0 amide bonds. The third-order valence-corrected chi connectivity index (χ3v) is 8.55. The minimum atomic E-state index is -0.659. The maximum absolute atomic E-state index is 7.33. The number of para-hydroxylation sites is 2. The quantitative estimate of drug-likeness (QED) is 0.234. The van der Waals surface area contributed by atoms with Gasteiger partial charge in [0.15, 0.2) is 0 Å². The first-order valence-electron chi connectivity index (χ1n) is 13.4. The zero-order valence-electron chi connectivity index (χ0n) is 21.9.